The molecule has 1 N–H and O–H groups in total. The third-order valence-electron chi connectivity index (χ3n) is 2.62. The Balaban J connectivity index is 2.03. The molecule has 0 spiro atoms. The first kappa shape index (κ1) is 7.12. The van der Waals surface area contributed by atoms with Gasteiger partial charge in [-0.25, -0.2) is 0 Å². The second-order valence-corrected chi connectivity index (χ2v) is 3.64. The molecule has 1 heterocycles. The minimum Gasteiger partial charge on any atom is -0.454 e. The van der Waals surface area contributed by atoms with Crippen LogP contribution in [0.1, 0.15) is 23.0 Å². The first-order chi connectivity index (χ1) is 8.48. The van der Waals surface area contributed by atoms with Crippen molar-refractivity contribution in [1.82, 2.24) is 5.32 Å². The molecule has 3 nitrogen and oxygen atoms in total. The molecule has 1 aliphatic heterocycles. The summed E-state index contributed by atoms with van der Waals surface area (Å²) < 4.78 is 32.2. The Bertz CT molecular complexity index is 420. The number of benzene rings is 1. The van der Waals surface area contributed by atoms with Gasteiger partial charge in [0.25, 0.3) is 0 Å². The van der Waals surface area contributed by atoms with Crippen LogP contribution in [0.5, 0.6) is 11.5 Å². The third-order valence-corrected chi connectivity index (χ3v) is 2.62. The molecule has 0 bridgehead atoms. The molecule has 2 rings (SSSR count). The molecule has 1 aromatic carbocycles. The molecule has 0 amide bonds. The lowest BCUT2D eigenvalue weighted by Gasteiger charge is -2.13. The molecule has 1 atom stereocenters. The zero-order chi connectivity index (χ0) is 13.2. The summed E-state index contributed by atoms with van der Waals surface area (Å²) >= 11 is 0. The van der Waals surface area contributed by atoms with Gasteiger partial charge in [-0.1, -0.05) is 13.0 Å². The summed E-state index contributed by atoms with van der Waals surface area (Å²) in [5.74, 6) is 1.48. The maximum atomic E-state index is 7.23. The lowest BCUT2D eigenvalue weighted by atomic mass is 10.0. The molecular weight excluding hydrogens is 190 g/mol. The van der Waals surface area contributed by atoms with Crippen molar-refractivity contribution < 1.29 is 13.6 Å². The molecule has 0 fully saturated rings. The van der Waals surface area contributed by atoms with Gasteiger partial charge in [-0.05, 0) is 37.5 Å². The molecule has 1 aliphatic rings. The standard InChI is InChI=1S/C12H17NO2/c1-3-10(13-2)6-9-4-5-11-12(7-9)15-8-14-11/h4-5,7,10,13H,3,6,8H2,1-2H3/t10-/m1/s1/i2D3. The van der Waals surface area contributed by atoms with Crippen molar-refractivity contribution in [2.45, 2.75) is 25.8 Å². The third kappa shape index (κ3) is 2.23. The number of hydrogen-bond acceptors (Lipinski definition) is 3. The van der Waals surface area contributed by atoms with Gasteiger partial charge in [0.1, 0.15) is 0 Å². The van der Waals surface area contributed by atoms with Crippen molar-refractivity contribution in [3.8, 4) is 11.5 Å². The fourth-order valence-corrected chi connectivity index (χ4v) is 1.65. The quantitative estimate of drug-likeness (QED) is 0.824. The van der Waals surface area contributed by atoms with E-state index in [2.05, 4.69) is 5.32 Å². The van der Waals surface area contributed by atoms with Gasteiger partial charge in [-0.3, -0.25) is 0 Å². The van der Waals surface area contributed by atoms with Crippen molar-refractivity contribution in [2.24, 2.45) is 0 Å². The molecule has 0 aromatic heterocycles. The van der Waals surface area contributed by atoms with E-state index in [1.54, 1.807) is 0 Å². The first-order valence-corrected chi connectivity index (χ1v) is 5.14. The Hall–Kier alpha value is -1.22. The van der Waals surface area contributed by atoms with Crippen LogP contribution >= 0.6 is 0 Å². The van der Waals surface area contributed by atoms with E-state index in [0.717, 1.165) is 23.5 Å². The van der Waals surface area contributed by atoms with Gasteiger partial charge >= 0.3 is 0 Å². The number of ether oxygens (including phenoxy) is 2. The Labute approximate surface area is 94.6 Å². The monoisotopic (exact) mass is 210 g/mol. The fraction of sp³-hybridized carbons (Fsp3) is 0.500. The highest BCUT2D eigenvalue weighted by Crippen LogP contribution is 2.32. The molecule has 0 unspecified atom stereocenters. The van der Waals surface area contributed by atoms with Gasteiger partial charge in [0, 0.05) is 10.2 Å². The van der Waals surface area contributed by atoms with Gasteiger partial charge in [-0.2, -0.15) is 0 Å². The summed E-state index contributed by atoms with van der Waals surface area (Å²) in [5.41, 5.74) is 1.04. The predicted octanol–water partition coefficient (Wildman–Crippen LogP) is 1.96. The van der Waals surface area contributed by atoms with Gasteiger partial charge in [0.05, 0.1) is 0 Å². The van der Waals surface area contributed by atoms with Gasteiger partial charge in [0.15, 0.2) is 11.5 Å². The number of likely N-dealkylation sites (N-methyl/N-ethyl adjacent to an activating group) is 1. The van der Waals surface area contributed by atoms with Crippen molar-refractivity contribution in [2.75, 3.05) is 13.8 Å². The SMILES string of the molecule is [2H]C([2H])([2H])N[C@H](CC)Cc1ccc2c(c1)OCO2. The molecule has 3 heteroatoms. The largest absolute Gasteiger partial charge is 0.454 e. The smallest absolute Gasteiger partial charge is 0.231 e. The molecule has 82 valence electrons. The highest BCUT2D eigenvalue weighted by atomic mass is 16.7. The van der Waals surface area contributed by atoms with Crippen molar-refractivity contribution in [3.63, 3.8) is 0 Å². The lowest BCUT2D eigenvalue weighted by Crippen LogP contribution is -2.26. The van der Waals surface area contributed by atoms with Crippen LogP contribution in [-0.2, 0) is 6.42 Å². The fourth-order valence-electron chi connectivity index (χ4n) is 1.65. The number of nitrogens with one attached hydrogen (secondary N) is 1. The maximum Gasteiger partial charge on any atom is 0.231 e. The average Bonchev–Trinajstić information content (AvgIpc) is 2.73. The second-order valence-electron chi connectivity index (χ2n) is 3.64. The summed E-state index contributed by atoms with van der Waals surface area (Å²) in [6.45, 7) is 0.122. The van der Waals surface area contributed by atoms with E-state index in [4.69, 9.17) is 13.6 Å². The van der Waals surface area contributed by atoms with E-state index in [-0.39, 0.29) is 12.8 Å². The van der Waals surface area contributed by atoms with Crippen LogP contribution < -0.4 is 14.8 Å². The van der Waals surface area contributed by atoms with Crippen molar-refractivity contribution >= 4 is 0 Å². The summed E-state index contributed by atoms with van der Waals surface area (Å²) in [7, 11) is 0. The second kappa shape index (κ2) is 4.53. The first-order valence-electron chi connectivity index (χ1n) is 6.64. The Morgan fingerprint density at radius 3 is 3.13 bits per heavy atom. The summed E-state index contributed by atoms with van der Waals surface area (Å²) in [6, 6.07) is 5.64. The van der Waals surface area contributed by atoms with Gasteiger partial charge in [-0.15, -0.1) is 0 Å². The van der Waals surface area contributed by atoms with E-state index in [9.17, 15) is 0 Å². The van der Waals surface area contributed by atoms with Gasteiger partial charge < -0.3 is 14.8 Å². The number of rotatable bonds is 4. The number of hydrogen-bond donors (Lipinski definition) is 1. The van der Waals surface area contributed by atoms with E-state index < -0.39 is 6.98 Å². The summed E-state index contributed by atoms with van der Waals surface area (Å²) in [5, 5.41) is 2.65. The number of fused-ring (bicyclic) bond motifs is 1. The van der Waals surface area contributed by atoms with Crippen LogP contribution in [0.3, 0.4) is 0 Å². The maximum absolute atomic E-state index is 7.23. The lowest BCUT2D eigenvalue weighted by molar-refractivity contribution is 0.174. The zero-order valence-corrected chi connectivity index (χ0v) is 8.75. The van der Waals surface area contributed by atoms with E-state index in [1.165, 1.54) is 0 Å². The molecule has 0 saturated heterocycles. The van der Waals surface area contributed by atoms with Crippen LogP contribution in [0, 0.1) is 0 Å². The molecular formula is C12H17NO2. The Kier molecular flexibility index (Phi) is 2.15. The molecule has 1 aromatic rings. The summed E-state index contributed by atoms with van der Waals surface area (Å²) in [6.07, 6.45) is 1.42. The van der Waals surface area contributed by atoms with Crippen molar-refractivity contribution in [1.29, 1.82) is 0 Å². The van der Waals surface area contributed by atoms with Crippen LogP contribution in [0.25, 0.3) is 0 Å². The van der Waals surface area contributed by atoms with E-state index in [0.29, 0.717) is 6.42 Å². The molecule has 0 radical (unpaired) electrons. The highest BCUT2D eigenvalue weighted by molar-refractivity contribution is 5.44. The molecule has 0 aliphatic carbocycles. The van der Waals surface area contributed by atoms with Crippen LogP contribution in [0.2, 0.25) is 0 Å². The van der Waals surface area contributed by atoms with Crippen LogP contribution in [-0.4, -0.2) is 19.8 Å². The Morgan fingerprint density at radius 2 is 2.33 bits per heavy atom. The van der Waals surface area contributed by atoms with E-state index in [1.807, 2.05) is 25.1 Å². The van der Waals surface area contributed by atoms with Crippen LogP contribution in [0.15, 0.2) is 18.2 Å². The van der Waals surface area contributed by atoms with Gasteiger partial charge in [0.2, 0.25) is 6.79 Å². The predicted molar refractivity (Wildman–Crippen MR) is 59.4 cm³/mol. The van der Waals surface area contributed by atoms with Crippen LogP contribution in [0.4, 0.5) is 0 Å². The van der Waals surface area contributed by atoms with Crippen molar-refractivity contribution in [3.05, 3.63) is 23.8 Å². The normalized spacial score (nSPS) is 19.1. The molecule has 15 heavy (non-hydrogen) atoms. The average molecular weight is 210 g/mol. The minimum absolute atomic E-state index is 0.0714. The summed E-state index contributed by atoms with van der Waals surface area (Å²) in [4.78, 5) is 0. The highest BCUT2D eigenvalue weighted by Gasteiger charge is 2.14. The molecule has 0 saturated carbocycles. The Morgan fingerprint density at radius 1 is 1.47 bits per heavy atom. The minimum atomic E-state index is -2.10. The zero-order valence-electron chi connectivity index (χ0n) is 11.7. The van der Waals surface area contributed by atoms with E-state index >= 15 is 0 Å². The topological polar surface area (TPSA) is 30.5 Å².